The Bertz CT molecular complexity index is 1490. The molecule has 0 aromatic carbocycles. The fraction of sp³-hybridized carbons (Fsp3) is 0.893. The zero-order chi connectivity index (χ0) is 61.6. The van der Waals surface area contributed by atoms with Crippen molar-refractivity contribution in [2.75, 3.05) is 26.4 Å². The minimum absolute atomic E-state index is 0.0541. The topological polar surface area (TPSA) is 134 Å². The van der Waals surface area contributed by atoms with Crippen LogP contribution < -0.4 is 5.73 Å². The van der Waals surface area contributed by atoms with E-state index in [1.54, 1.807) is 0 Å². The molecule has 0 fully saturated rings. The Hall–Kier alpha value is -1.77. The Morgan fingerprint density at radius 1 is 0.353 bits per heavy atom. The molecule has 0 saturated carbocycles. The smallest absolute Gasteiger partial charge is 0.462 e. The van der Waals surface area contributed by atoms with E-state index in [4.69, 9.17) is 24.3 Å². The number of esters is 2. The van der Waals surface area contributed by atoms with Crippen molar-refractivity contribution in [3.8, 4) is 0 Å². The first-order valence-electron chi connectivity index (χ1n) is 37.5. The van der Waals surface area contributed by atoms with Crippen molar-refractivity contribution in [3.05, 3.63) is 36.5 Å². The predicted octanol–water partition coefficient (Wildman–Crippen LogP) is 24.6. The van der Waals surface area contributed by atoms with Gasteiger partial charge in [0.25, 0.3) is 0 Å². The zero-order valence-electron chi connectivity index (χ0n) is 56.6. The summed E-state index contributed by atoms with van der Waals surface area (Å²) in [7, 11) is -4.39. The highest BCUT2D eigenvalue weighted by molar-refractivity contribution is 7.47. The van der Waals surface area contributed by atoms with Crippen LogP contribution in [0.3, 0.4) is 0 Å². The second-order valence-corrected chi connectivity index (χ2v) is 27.0. The Labute approximate surface area is 528 Å². The van der Waals surface area contributed by atoms with E-state index in [0.29, 0.717) is 6.42 Å². The normalized spacial score (nSPS) is 13.0. The Balaban J connectivity index is 3.75. The molecule has 0 saturated heterocycles. The molecule has 9 nitrogen and oxygen atoms in total. The minimum Gasteiger partial charge on any atom is -0.462 e. The van der Waals surface area contributed by atoms with Gasteiger partial charge in [-0.2, -0.15) is 0 Å². The van der Waals surface area contributed by atoms with Gasteiger partial charge in [-0.3, -0.25) is 18.6 Å². The third kappa shape index (κ3) is 71.2. The summed E-state index contributed by atoms with van der Waals surface area (Å²) in [4.78, 5) is 35.4. The number of hydrogen-bond donors (Lipinski definition) is 2. The molecule has 502 valence electrons. The van der Waals surface area contributed by atoms with Gasteiger partial charge in [0.1, 0.15) is 6.61 Å². The molecular weight excluding hydrogens is 1070 g/mol. The number of ether oxygens (including phenoxy) is 2. The maximum absolute atomic E-state index is 12.8. The van der Waals surface area contributed by atoms with Crippen LogP contribution in [0.15, 0.2) is 36.5 Å². The standard InChI is InChI=1S/C75H144NO8P/c1-3-5-7-9-11-13-15-17-19-21-23-25-27-29-30-31-32-33-34-35-36-37-38-39-40-41-42-44-45-47-49-51-53-55-57-59-61-63-65-67-74(77)81-71-73(72-83-85(79,80)82-70-69-76)84-75(78)68-66-64-62-60-58-56-54-52-50-48-46-43-28-26-24-22-20-18-16-14-12-10-8-6-4-2/h16,18,22,24,28,43,73H,3-15,17,19-21,23,25-27,29-42,44-72,76H2,1-2H3,(H,79,80)/b18-16-,24-22-,43-28-. The van der Waals surface area contributed by atoms with E-state index < -0.39 is 26.5 Å². The van der Waals surface area contributed by atoms with E-state index in [2.05, 4.69) is 50.3 Å². The van der Waals surface area contributed by atoms with E-state index >= 15 is 0 Å². The number of hydrogen-bond acceptors (Lipinski definition) is 8. The summed E-state index contributed by atoms with van der Waals surface area (Å²) in [6.45, 7) is 3.80. The van der Waals surface area contributed by atoms with Crippen LogP contribution in [0.4, 0.5) is 0 Å². The SMILES string of the molecule is CCCCCCC/C=C\C/C=C\C/C=C\CCCCCCCCCCCCC(=O)OC(COC(=O)CCCCCCCCCCCCCCCCCCCCCCCCCCCCCCCCCCCCCCCCC)COP(=O)(O)OCCN. The molecule has 0 aromatic heterocycles. The molecule has 85 heavy (non-hydrogen) atoms. The lowest BCUT2D eigenvalue weighted by Gasteiger charge is -2.19. The average molecular weight is 1220 g/mol. The summed E-state index contributed by atoms with van der Waals surface area (Å²) >= 11 is 0. The van der Waals surface area contributed by atoms with Gasteiger partial charge >= 0.3 is 19.8 Å². The molecule has 2 unspecified atom stereocenters. The Morgan fingerprint density at radius 2 is 0.612 bits per heavy atom. The number of phosphoric ester groups is 1. The van der Waals surface area contributed by atoms with E-state index in [-0.39, 0.29) is 38.6 Å². The molecule has 0 spiro atoms. The van der Waals surface area contributed by atoms with Gasteiger partial charge in [-0.15, -0.1) is 0 Å². The molecule has 10 heteroatoms. The van der Waals surface area contributed by atoms with Crippen LogP contribution >= 0.6 is 7.82 Å². The molecule has 0 aliphatic carbocycles. The number of carbonyl (C=O) groups excluding carboxylic acids is 2. The van der Waals surface area contributed by atoms with Crippen molar-refractivity contribution in [1.29, 1.82) is 0 Å². The second-order valence-electron chi connectivity index (χ2n) is 25.5. The summed E-state index contributed by atoms with van der Waals surface area (Å²) in [5.41, 5.74) is 5.40. The number of rotatable bonds is 72. The van der Waals surface area contributed by atoms with Gasteiger partial charge in [-0.05, 0) is 51.4 Å². The van der Waals surface area contributed by atoms with Crippen molar-refractivity contribution in [2.24, 2.45) is 5.73 Å². The van der Waals surface area contributed by atoms with E-state index in [0.717, 1.165) is 51.4 Å². The number of phosphoric acid groups is 1. The summed E-state index contributed by atoms with van der Waals surface area (Å²) in [6, 6.07) is 0. The monoisotopic (exact) mass is 1220 g/mol. The number of carbonyl (C=O) groups is 2. The summed E-state index contributed by atoms with van der Waals surface area (Å²) < 4.78 is 33.2. The zero-order valence-corrected chi connectivity index (χ0v) is 57.5. The van der Waals surface area contributed by atoms with Gasteiger partial charge in [-0.1, -0.05) is 371 Å². The van der Waals surface area contributed by atoms with Gasteiger partial charge in [-0.25, -0.2) is 4.57 Å². The molecule has 0 radical (unpaired) electrons. The van der Waals surface area contributed by atoms with Crippen LogP contribution in [0.5, 0.6) is 0 Å². The minimum atomic E-state index is -4.39. The van der Waals surface area contributed by atoms with Crippen LogP contribution in [-0.2, 0) is 32.7 Å². The first kappa shape index (κ1) is 83.2. The third-order valence-corrected chi connectivity index (χ3v) is 18.0. The fourth-order valence-corrected chi connectivity index (χ4v) is 12.2. The first-order valence-corrected chi connectivity index (χ1v) is 39.0. The highest BCUT2D eigenvalue weighted by atomic mass is 31.2. The summed E-state index contributed by atoms with van der Waals surface area (Å²) in [5.74, 6) is -0.812. The Kier molecular flexibility index (Phi) is 69.8. The lowest BCUT2D eigenvalue weighted by molar-refractivity contribution is -0.161. The van der Waals surface area contributed by atoms with Crippen molar-refractivity contribution in [2.45, 2.75) is 405 Å². The predicted molar refractivity (Wildman–Crippen MR) is 367 cm³/mol. The molecular formula is C75H144NO8P. The van der Waals surface area contributed by atoms with Crippen molar-refractivity contribution in [1.82, 2.24) is 0 Å². The maximum atomic E-state index is 12.8. The highest BCUT2D eigenvalue weighted by Gasteiger charge is 2.26. The van der Waals surface area contributed by atoms with Gasteiger partial charge in [0.15, 0.2) is 6.10 Å². The van der Waals surface area contributed by atoms with Crippen LogP contribution in [0, 0.1) is 0 Å². The van der Waals surface area contributed by atoms with Gasteiger partial charge in [0, 0.05) is 19.4 Å². The average Bonchev–Trinajstić information content (AvgIpc) is 3.52. The quantitative estimate of drug-likeness (QED) is 0.0264. The Morgan fingerprint density at radius 3 is 0.906 bits per heavy atom. The summed E-state index contributed by atoms with van der Waals surface area (Å²) in [6.07, 6.45) is 89.9. The van der Waals surface area contributed by atoms with E-state index in [1.807, 2.05) is 0 Å². The molecule has 0 aliphatic heterocycles. The third-order valence-electron chi connectivity index (χ3n) is 17.0. The molecule has 2 atom stereocenters. The molecule has 0 aromatic rings. The van der Waals surface area contributed by atoms with Crippen LogP contribution in [-0.4, -0.2) is 49.3 Å². The van der Waals surface area contributed by atoms with E-state index in [1.165, 1.54) is 315 Å². The second kappa shape index (κ2) is 71.3. The number of unbranched alkanes of at least 4 members (excludes halogenated alkanes) is 53. The van der Waals surface area contributed by atoms with Crippen molar-refractivity contribution >= 4 is 19.8 Å². The van der Waals surface area contributed by atoms with Gasteiger partial charge < -0.3 is 20.1 Å². The largest absolute Gasteiger partial charge is 0.472 e. The van der Waals surface area contributed by atoms with Crippen LogP contribution in [0.2, 0.25) is 0 Å². The molecule has 0 bridgehead atoms. The lowest BCUT2D eigenvalue weighted by Crippen LogP contribution is -2.29. The molecule has 0 amide bonds. The van der Waals surface area contributed by atoms with E-state index in [9.17, 15) is 19.0 Å². The fourth-order valence-electron chi connectivity index (χ4n) is 11.5. The molecule has 0 aliphatic rings. The molecule has 0 rings (SSSR count). The summed E-state index contributed by atoms with van der Waals surface area (Å²) in [5, 5.41) is 0. The lowest BCUT2D eigenvalue weighted by atomic mass is 10.0. The number of allylic oxidation sites excluding steroid dienone is 6. The molecule has 3 N–H and O–H groups in total. The maximum Gasteiger partial charge on any atom is 0.472 e. The van der Waals surface area contributed by atoms with Gasteiger partial charge in [0.05, 0.1) is 13.2 Å². The molecule has 0 heterocycles. The van der Waals surface area contributed by atoms with Crippen molar-refractivity contribution in [3.63, 3.8) is 0 Å². The highest BCUT2D eigenvalue weighted by Crippen LogP contribution is 2.43. The van der Waals surface area contributed by atoms with Crippen LogP contribution in [0.25, 0.3) is 0 Å². The first-order chi connectivity index (χ1) is 41.8. The van der Waals surface area contributed by atoms with Gasteiger partial charge in [0.2, 0.25) is 0 Å². The van der Waals surface area contributed by atoms with Crippen LogP contribution in [0.1, 0.15) is 399 Å². The number of nitrogens with two attached hydrogens (primary N) is 1. The van der Waals surface area contributed by atoms with Crippen molar-refractivity contribution < 1.29 is 37.6 Å².